The number of benzene rings is 1. The Morgan fingerprint density at radius 2 is 2.00 bits per heavy atom. The Morgan fingerprint density at radius 3 is 2.62 bits per heavy atom. The first-order chi connectivity index (χ1) is 11.3. The average molecular weight is 356 g/mol. The number of amides is 2. The second-order valence-electron chi connectivity index (χ2n) is 5.73. The summed E-state index contributed by atoms with van der Waals surface area (Å²) in [5.74, 6) is -1.27. The number of carbonyl (C=O) groups excluding carboxylic acids is 2. The maximum atomic E-state index is 12.8. The highest BCUT2D eigenvalue weighted by molar-refractivity contribution is 7.91. The van der Waals surface area contributed by atoms with Crippen LogP contribution in [0.3, 0.4) is 0 Å². The predicted molar refractivity (Wildman–Crippen MR) is 86.4 cm³/mol. The molecule has 1 aliphatic rings. The van der Waals surface area contributed by atoms with Gasteiger partial charge in [-0.15, -0.1) is 0 Å². The molecule has 1 aromatic carbocycles. The average Bonchev–Trinajstić information content (AvgIpc) is 2.55. The maximum absolute atomic E-state index is 12.8. The highest BCUT2D eigenvalue weighted by Gasteiger charge is 2.29. The number of sulfone groups is 1. The Morgan fingerprint density at radius 1 is 1.33 bits per heavy atom. The summed E-state index contributed by atoms with van der Waals surface area (Å²) in [5, 5.41) is 2.62. The molecule has 24 heavy (non-hydrogen) atoms. The Bertz CT molecular complexity index is 703. The number of hydrogen-bond acceptors (Lipinski definition) is 4. The number of rotatable bonds is 6. The Balaban J connectivity index is 1.86. The van der Waals surface area contributed by atoms with E-state index in [0.29, 0.717) is 25.9 Å². The van der Waals surface area contributed by atoms with Crippen molar-refractivity contribution in [1.82, 2.24) is 10.2 Å². The molecule has 132 valence electrons. The summed E-state index contributed by atoms with van der Waals surface area (Å²) in [6.07, 6.45) is 0.811. The molecule has 0 unspecified atom stereocenters. The molecule has 1 atom stereocenters. The SMILES string of the molecule is CCN1C[C@H](C(=O)NCCS(=O)(=O)c2ccc(F)cc2)CCC1=O. The smallest absolute Gasteiger partial charge is 0.224 e. The molecular formula is C16H21FN2O4S. The molecule has 0 bridgehead atoms. The number of nitrogens with zero attached hydrogens (tertiary/aromatic N) is 1. The van der Waals surface area contributed by atoms with E-state index >= 15 is 0 Å². The molecule has 0 saturated carbocycles. The fraction of sp³-hybridized carbons (Fsp3) is 0.500. The van der Waals surface area contributed by atoms with E-state index in [1.807, 2.05) is 6.92 Å². The molecule has 0 radical (unpaired) electrons. The molecule has 1 heterocycles. The fourth-order valence-corrected chi connectivity index (χ4v) is 3.80. The third-order valence-corrected chi connectivity index (χ3v) is 5.83. The van der Waals surface area contributed by atoms with Gasteiger partial charge < -0.3 is 10.2 Å². The molecule has 8 heteroatoms. The van der Waals surface area contributed by atoms with Crippen molar-refractivity contribution in [3.05, 3.63) is 30.1 Å². The van der Waals surface area contributed by atoms with E-state index in [2.05, 4.69) is 5.32 Å². The van der Waals surface area contributed by atoms with Crippen molar-refractivity contribution in [2.75, 3.05) is 25.4 Å². The summed E-state index contributed by atoms with van der Waals surface area (Å²) < 4.78 is 37.1. The summed E-state index contributed by atoms with van der Waals surface area (Å²) >= 11 is 0. The third-order valence-electron chi connectivity index (χ3n) is 4.10. The van der Waals surface area contributed by atoms with E-state index in [1.165, 1.54) is 12.1 Å². The van der Waals surface area contributed by atoms with Crippen LogP contribution >= 0.6 is 0 Å². The number of likely N-dealkylation sites (tertiary alicyclic amines) is 1. The van der Waals surface area contributed by atoms with Gasteiger partial charge in [0.2, 0.25) is 11.8 Å². The lowest BCUT2D eigenvalue weighted by molar-refractivity contribution is -0.138. The zero-order valence-electron chi connectivity index (χ0n) is 13.5. The second-order valence-corrected chi connectivity index (χ2v) is 7.84. The monoisotopic (exact) mass is 356 g/mol. The lowest BCUT2D eigenvalue weighted by atomic mass is 9.97. The molecule has 1 N–H and O–H groups in total. The molecule has 6 nitrogen and oxygen atoms in total. The van der Waals surface area contributed by atoms with Gasteiger partial charge in [-0.25, -0.2) is 12.8 Å². The molecule has 1 aliphatic heterocycles. The number of nitrogens with one attached hydrogen (secondary N) is 1. The van der Waals surface area contributed by atoms with Crippen LogP contribution in [-0.4, -0.2) is 50.5 Å². The van der Waals surface area contributed by atoms with Crippen molar-refractivity contribution in [3.63, 3.8) is 0 Å². The summed E-state index contributed by atoms with van der Waals surface area (Å²) in [4.78, 5) is 25.4. The molecular weight excluding hydrogens is 335 g/mol. The lowest BCUT2D eigenvalue weighted by Crippen LogP contribution is -2.46. The first-order valence-corrected chi connectivity index (χ1v) is 9.52. The number of piperidine rings is 1. The summed E-state index contributed by atoms with van der Waals surface area (Å²) in [7, 11) is -3.57. The molecule has 2 amide bonds. The largest absolute Gasteiger partial charge is 0.355 e. The molecule has 2 rings (SSSR count). The van der Waals surface area contributed by atoms with Crippen molar-refractivity contribution in [3.8, 4) is 0 Å². The first-order valence-electron chi connectivity index (χ1n) is 7.87. The van der Waals surface area contributed by atoms with E-state index in [0.717, 1.165) is 12.1 Å². The molecule has 0 aromatic heterocycles. The Hall–Kier alpha value is -1.96. The lowest BCUT2D eigenvalue weighted by Gasteiger charge is -2.31. The van der Waals surface area contributed by atoms with Gasteiger partial charge in [0.25, 0.3) is 0 Å². The fourth-order valence-electron chi connectivity index (χ4n) is 2.65. The van der Waals surface area contributed by atoms with Gasteiger partial charge in [-0.2, -0.15) is 0 Å². The van der Waals surface area contributed by atoms with Gasteiger partial charge in [0.15, 0.2) is 9.84 Å². The highest BCUT2D eigenvalue weighted by atomic mass is 32.2. The zero-order chi connectivity index (χ0) is 17.7. The van der Waals surface area contributed by atoms with Crippen LogP contribution in [-0.2, 0) is 19.4 Å². The second kappa shape index (κ2) is 7.74. The van der Waals surface area contributed by atoms with Crippen LogP contribution in [0.4, 0.5) is 4.39 Å². The normalized spacial score (nSPS) is 18.5. The van der Waals surface area contributed by atoms with E-state index in [1.54, 1.807) is 4.90 Å². The molecule has 0 aliphatic carbocycles. The van der Waals surface area contributed by atoms with Gasteiger partial charge in [-0.05, 0) is 37.6 Å². The van der Waals surface area contributed by atoms with Crippen molar-refractivity contribution in [2.24, 2.45) is 5.92 Å². The minimum Gasteiger partial charge on any atom is -0.355 e. The van der Waals surface area contributed by atoms with Gasteiger partial charge >= 0.3 is 0 Å². The summed E-state index contributed by atoms with van der Waals surface area (Å²) in [5.41, 5.74) is 0. The van der Waals surface area contributed by atoms with Gasteiger partial charge in [-0.3, -0.25) is 9.59 Å². The van der Waals surface area contributed by atoms with Gasteiger partial charge in [-0.1, -0.05) is 0 Å². The zero-order valence-corrected chi connectivity index (χ0v) is 14.3. The van der Waals surface area contributed by atoms with Crippen molar-refractivity contribution < 1.29 is 22.4 Å². The molecule has 0 spiro atoms. The van der Waals surface area contributed by atoms with Crippen molar-refractivity contribution in [1.29, 1.82) is 0 Å². The number of hydrogen-bond donors (Lipinski definition) is 1. The van der Waals surface area contributed by atoms with Crippen molar-refractivity contribution >= 4 is 21.7 Å². The van der Waals surface area contributed by atoms with Gasteiger partial charge in [0.05, 0.1) is 16.6 Å². The van der Waals surface area contributed by atoms with Crippen LogP contribution in [0.1, 0.15) is 19.8 Å². The molecule has 1 aromatic rings. The standard InChI is InChI=1S/C16H21FN2O4S/c1-2-19-11-12(3-8-15(19)20)16(21)18-9-10-24(22,23)14-6-4-13(17)5-7-14/h4-7,12H,2-3,8-11H2,1H3,(H,18,21)/t12-/m1/s1. The summed E-state index contributed by atoms with van der Waals surface area (Å²) in [6.45, 7) is 2.76. The Kier molecular flexibility index (Phi) is 5.93. The van der Waals surface area contributed by atoms with E-state index < -0.39 is 15.7 Å². The van der Waals surface area contributed by atoms with Gasteiger partial charge in [0.1, 0.15) is 5.82 Å². The van der Waals surface area contributed by atoms with E-state index in [-0.39, 0.29) is 34.9 Å². The predicted octanol–water partition coefficient (Wildman–Crippen LogP) is 0.974. The quantitative estimate of drug-likeness (QED) is 0.770. The van der Waals surface area contributed by atoms with Crippen molar-refractivity contribution in [2.45, 2.75) is 24.7 Å². The topological polar surface area (TPSA) is 83.6 Å². The van der Waals surface area contributed by atoms with Crippen LogP contribution < -0.4 is 5.32 Å². The van der Waals surface area contributed by atoms with Crippen LogP contribution in [0.15, 0.2) is 29.2 Å². The van der Waals surface area contributed by atoms with Crippen LogP contribution in [0.5, 0.6) is 0 Å². The molecule has 1 fully saturated rings. The van der Waals surface area contributed by atoms with Crippen LogP contribution in [0.25, 0.3) is 0 Å². The van der Waals surface area contributed by atoms with Crippen LogP contribution in [0.2, 0.25) is 0 Å². The first kappa shape index (κ1) is 18.4. The van der Waals surface area contributed by atoms with E-state index in [4.69, 9.17) is 0 Å². The minimum absolute atomic E-state index is 0.0187. The third kappa shape index (κ3) is 4.53. The van der Waals surface area contributed by atoms with Crippen LogP contribution in [0, 0.1) is 11.7 Å². The number of halogens is 1. The van der Waals surface area contributed by atoms with Gasteiger partial charge in [0, 0.05) is 26.1 Å². The summed E-state index contributed by atoms with van der Waals surface area (Å²) in [6, 6.07) is 4.59. The highest BCUT2D eigenvalue weighted by Crippen LogP contribution is 2.17. The number of carbonyl (C=O) groups is 2. The Labute approximate surface area is 140 Å². The maximum Gasteiger partial charge on any atom is 0.224 e. The minimum atomic E-state index is -3.57. The van der Waals surface area contributed by atoms with E-state index in [9.17, 15) is 22.4 Å². The molecule has 1 saturated heterocycles.